The Morgan fingerprint density at radius 1 is 1.11 bits per heavy atom. The van der Waals surface area contributed by atoms with Crippen molar-refractivity contribution in [2.75, 3.05) is 13.1 Å². The number of halogens is 2. The van der Waals surface area contributed by atoms with Gasteiger partial charge in [-0.1, -0.05) is 24.3 Å². The summed E-state index contributed by atoms with van der Waals surface area (Å²) < 4.78 is 0. The minimum absolute atomic E-state index is 0. The van der Waals surface area contributed by atoms with E-state index in [0.717, 1.165) is 18.4 Å². The Morgan fingerprint density at radius 3 is 2.39 bits per heavy atom. The van der Waals surface area contributed by atoms with E-state index in [1.54, 1.807) is 41.6 Å². The molecule has 1 fully saturated rings. The molecule has 3 N–H and O–H groups in total. The van der Waals surface area contributed by atoms with Crippen molar-refractivity contribution in [3.8, 4) is 0 Å². The standard InChI is InChI=1S/C20H24N4O2.2ClH/c21-17-8-11-24(12-9-17)20(26)18(13-15-5-4-10-22-14-15)23-19(25)16-6-2-1-3-7-16;;/h1-7,10,14,17-18H,8-9,11-13,21H2,(H,23,25);2*1H. The van der Waals surface area contributed by atoms with Gasteiger partial charge in [-0.25, -0.2) is 0 Å². The van der Waals surface area contributed by atoms with Crippen molar-refractivity contribution < 1.29 is 9.59 Å². The van der Waals surface area contributed by atoms with Crippen LogP contribution in [-0.2, 0) is 11.2 Å². The average molecular weight is 425 g/mol. The third-order valence-corrected chi connectivity index (χ3v) is 4.65. The Balaban J connectivity index is 0.00000196. The zero-order chi connectivity index (χ0) is 18.4. The number of pyridine rings is 1. The van der Waals surface area contributed by atoms with E-state index in [4.69, 9.17) is 5.73 Å². The second kappa shape index (κ2) is 11.6. The first kappa shape index (κ1) is 23.9. The topological polar surface area (TPSA) is 88.3 Å². The van der Waals surface area contributed by atoms with Gasteiger partial charge in [0.05, 0.1) is 0 Å². The highest BCUT2D eigenvalue weighted by molar-refractivity contribution is 5.97. The number of nitrogens with two attached hydrogens (primary N) is 1. The Kier molecular flexibility index (Phi) is 9.93. The lowest BCUT2D eigenvalue weighted by Crippen LogP contribution is -2.52. The molecule has 1 aromatic carbocycles. The van der Waals surface area contributed by atoms with Crippen molar-refractivity contribution in [3.63, 3.8) is 0 Å². The van der Waals surface area contributed by atoms with Gasteiger partial charge in [0.1, 0.15) is 6.04 Å². The Morgan fingerprint density at radius 2 is 1.79 bits per heavy atom. The van der Waals surface area contributed by atoms with Gasteiger partial charge in [0.2, 0.25) is 5.91 Å². The average Bonchev–Trinajstić information content (AvgIpc) is 2.69. The maximum atomic E-state index is 13.0. The summed E-state index contributed by atoms with van der Waals surface area (Å²) in [6.07, 6.45) is 5.40. The van der Waals surface area contributed by atoms with E-state index in [1.165, 1.54) is 0 Å². The van der Waals surface area contributed by atoms with Crippen LogP contribution in [0.25, 0.3) is 0 Å². The molecule has 1 aliphatic rings. The van der Waals surface area contributed by atoms with Gasteiger partial charge in [-0.2, -0.15) is 0 Å². The third-order valence-electron chi connectivity index (χ3n) is 4.65. The second-order valence-electron chi connectivity index (χ2n) is 6.62. The molecule has 1 aromatic heterocycles. The molecule has 0 saturated carbocycles. The Bertz CT molecular complexity index is 738. The molecular weight excluding hydrogens is 399 g/mol. The van der Waals surface area contributed by atoms with Gasteiger partial charge < -0.3 is 16.0 Å². The minimum atomic E-state index is -0.624. The minimum Gasteiger partial charge on any atom is -0.341 e. The number of carbonyl (C=O) groups excluding carboxylic acids is 2. The first-order valence-corrected chi connectivity index (χ1v) is 8.92. The van der Waals surface area contributed by atoms with Gasteiger partial charge in [0.25, 0.3) is 5.91 Å². The molecule has 0 spiro atoms. The lowest BCUT2D eigenvalue weighted by Gasteiger charge is -2.33. The van der Waals surface area contributed by atoms with Crippen molar-refractivity contribution in [1.82, 2.24) is 15.2 Å². The summed E-state index contributed by atoms with van der Waals surface area (Å²) in [6, 6.07) is 12.2. The second-order valence-corrected chi connectivity index (χ2v) is 6.62. The van der Waals surface area contributed by atoms with Crippen LogP contribution in [-0.4, -0.2) is 46.9 Å². The SMILES string of the molecule is Cl.Cl.NC1CCN(C(=O)C(Cc2cccnc2)NC(=O)c2ccccc2)CC1. The van der Waals surface area contributed by atoms with Crippen molar-refractivity contribution in [3.05, 3.63) is 66.0 Å². The van der Waals surface area contributed by atoms with Crippen LogP contribution in [0.4, 0.5) is 0 Å². The van der Waals surface area contributed by atoms with Crippen LogP contribution in [0.3, 0.4) is 0 Å². The third kappa shape index (κ3) is 6.48. The lowest BCUT2D eigenvalue weighted by atomic mass is 10.0. The molecule has 1 unspecified atom stereocenters. The fourth-order valence-electron chi connectivity index (χ4n) is 3.13. The fraction of sp³-hybridized carbons (Fsp3) is 0.350. The predicted octanol–water partition coefficient (Wildman–Crippen LogP) is 2.22. The summed E-state index contributed by atoms with van der Waals surface area (Å²) in [5, 5.41) is 2.90. The van der Waals surface area contributed by atoms with Gasteiger partial charge in [-0.3, -0.25) is 14.6 Å². The first-order chi connectivity index (χ1) is 12.6. The predicted molar refractivity (Wildman–Crippen MR) is 114 cm³/mol. The van der Waals surface area contributed by atoms with Crippen molar-refractivity contribution in [1.29, 1.82) is 0 Å². The molecule has 1 saturated heterocycles. The van der Waals surface area contributed by atoms with E-state index >= 15 is 0 Å². The van der Waals surface area contributed by atoms with Crippen molar-refractivity contribution in [2.45, 2.75) is 31.3 Å². The molecule has 152 valence electrons. The lowest BCUT2D eigenvalue weighted by molar-refractivity contribution is -0.134. The van der Waals surface area contributed by atoms with E-state index in [-0.39, 0.29) is 42.7 Å². The van der Waals surface area contributed by atoms with E-state index in [2.05, 4.69) is 10.3 Å². The molecule has 1 atom stereocenters. The summed E-state index contributed by atoms with van der Waals surface area (Å²) in [7, 11) is 0. The quantitative estimate of drug-likeness (QED) is 0.769. The van der Waals surface area contributed by atoms with Gasteiger partial charge in [0, 0.05) is 43.5 Å². The van der Waals surface area contributed by atoms with Gasteiger partial charge in [-0.15, -0.1) is 24.8 Å². The Hall–Kier alpha value is -2.15. The highest BCUT2D eigenvalue weighted by Crippen LogP contribution is 2.13. The number of aromatic nitrogens is 1. The molecule has 0 bridgehead atoms. The van der Waals surface area contributed by atoms with Crippen LogP contribution in [0.1, 0.15) is 28.8 Å². The molecule has 2 heterocycles. The van der Waals surface area contributed by atoms with Crippen LogP contribution in [0.2, 0.25) is 0 Å². The molecule has 2 amide bonds. The summed E-state index contributed by atoms with van der Waals surface area (Å²) >= 11 is 0. The monoisotopic (exact) mass is 424 g/mol. The van der Waals surface area contributed by atoms with Crippen LogP contribution >= 0.6 is 24.8 Å². The Labute approximate surface area is 177 Å². The number of hydrogen-bond donors (Lipinski definition) is 2. The van der Waals surface area contributed by atoms with Gasteiger partial charge in [0.15, 0.2) is 0 Å². The van der Waals surface area contributed by atoms with Gasteiger partial charge >= 0.3 is 0 Å². The van der Waals surface area contributed by atoms with Crippen LogP contribution < -0.4 is 11.1 Å². The van der Waals surface area contributed by atoms with Crippen LogP contribution in [0.15, 0.2) is 54.9 Å². The summed E-state index contributed by atoms with van der Waals surface area (Å²) in [5.41, 5.74) is 7.39. The number of benzene rings is 1. The number of hydrogen-bond acceptors (Lipinski definition) is 4. The number of nitrogens with zero attached hydrogens (tertiary/aromatic N) is 2. The van der Waals surface area contributed by atoms with Crippen LogP contribution in [0.5, 0.6) is 0 Å². The zero-order valence-corrected chi connectivity index (χ0v) is 17.1. The molecule has 1 aliphatic heterocycles. The molecular formula is C20H26Cl2N4O2. The fourth-order valence-corrected chi connectivity index (χ4v) is 3.13. The first-order valence-electron chi connectivity index (χ1n) is 8.92. The molecule has 0 radical (unpaired) electrons. The molecule has 8 heteroatoms. The number of nitrogens with one attached hydrogen (secondary N) is 1. The molecule has 3 rings (SSSR count). The molecule has 0 aliphatic carbocycles. The number of carbonyl (C=O) groups is 2. The highest BCUT2D eigenvalue weighted by Gasteiger charge is 2.29. The van der Waals surface area contributed by atoms with Crippen molar-refractivity contribution >= 4 is 36.6 Å². The zero-order valence-electron chi connectivity index (χ0n) is 15.5. The maximum Gasteiger partial charge on any atom is 0.251 e. The molecule has 6 nitrogen and oxygen atoms in total. The number of likely N-dealkylation sites (tertiary alicyclic amines) is 1. The smallest absolute Gasteiger partial charge is 0.251 e. The number of rotatable bonds is 5. The maximum absolute atomic E-state index is 13.0. The normalized spacial score (nSPS) is 15.0. The highest BCUT2D eigenvalue weighted by atomic mass is 35.5. The van der Waals surface area contributed by atoms with E-state index < -0.39 is 6.04 Å². The molecule has 28 heavy (non-hydrogen) atoms. The summed E-state index contributed by atoms with van der Waals surface area (Å²) in [6.45, 7) is 1.26. The van der Waals surface area contributed by atoms with E-state index in [1.807, 2.05) is 18.2 Å². The van der Waals surface area contributed by atoms with Crippen molar-refractivity contribution in [2.24, 2.45) is 5.73 Å². The van der Waals surface area contributed by atoms with E-state index in [0.29, 0.717) is 25.1 Å². The van der Waals surface area contributed by atoms with E-state index in [9.17, 15) is 9.59 Å². The van der Waals surface area contributed by atoms with Gasteiger partial charge in [-0.05, 0) is 36.6 Å². The largest absolute Gasteiger partial charge is 0.341 e. The summed E-state index contributed by atoms with van der Waals surface area (Å²) in [5.74, 6) is -0.313. The molecule has 2 aromatic rings. The number of piperidine rings is 1. The van der Waals surface area contributed by atoms with Crippen LogP contribution in [0, 0.1) is 0 Å². The number of amides is 2. The summed E-state index contributed by atoms with van der Waals surface area (Å²) in [4.78, 5) is 31.5.